The van der Waals surface area contributed by atoms with Crippen LogP contribution in [0.3, 0.4) is 0 Å². The van der Waals surface area contributed by atoms with Crippen LogP contribution in [-0.2, 0) is 16.0 Å². The topological polar surface area (TPSA) is 50.1 Å². The lowest BCUT2D eigenvalue weighted by molar-refractivity contribution is -0.140. The van der Waals surface area contributed by atoms with Crippen molar-refractivity contribution >= 4 is 12.0 Å². The number of carbonyl (C=O) groups is 1. The Labute approximate surface area is 124 Å². The lowest BCUT2D eigenvalue weighted by Gasteiger charge is -2.09. The average molecular weight is 277 g/mol. The van der Waals surface area contributed by atoms with E-state index < -0.39 is 12.1 Å². The number of benzene rings is 2. The molecular weight excluding hydrogens is 262 g/mol. The van der Waals surface area contributed by atoms with Crippen LogP contribution in [0.5, 0.6) is 0 Å². The van der Waals surface area contributed by atoms with Gasteiger partial charge in [-0.15, -0.1) is 0 Å². The normalized spacial score (nSPS) is 11.8. The zero-order chi connectivity index (χ0) is 14.9. The molecule has 1 unspecified atom stereocenters. The van der Waals surface area contributed by atoms with Gasteiger partial charge >= 0.3 is 5.97 Å². The Kier molecular flexibility index (Phi) is 5.31. The van der Waals surface area contributed by atoms with Crippen molar-refractivity contribution in [3.05, 3.63) is 77.9 Å². The Morgan fingerprint density at radius 2 is 1.71 bits per heavy atom. The van der Waals surface area contributed by atoms with E-state index in [0.29, 0.717) is 6.42 Å². The smallest absolute Gasteiger partial charge is 0.332 e. The van der Waals surface area contributed by atoms with E-state index in [1.54, 1.807) is 6.08 Å². The molecular formula is C18H15NO2. The highest BCUT2D eigenvalue weighted by atomic mass is 16.5. The molecule has 0 saturated heterocycles. The molecule has 0 heterocycles. The molecule has 0 fully saturated rings. The number of nitriles is 1. The van der Waals surface area contributed by atoms with Crippen LogP contribution < -0.4 is 0 Å². The minimum Gasteiger partial charge on any atom is -0.443 e. The third kappa shape index (κ3) is 4.96. The molecule has 0 radical (unpaired) electrons. The molecule has 0 aliphatic carbocycles. The Hall–Kier alpha value is -2.86. The largest absolute Gasteiger partial charge is 0.443 e. The Morgan fingerprint density at radius 3 is 2.33 bits per heavy atom. The van der Waals surface area contributed by atoms with Crippen LogP contribution in [0, 0.1) is 11.3 Å². The summed E-state index contributed by atoms with van der Waals surface area (Å²) < 4.78 is 5.14. The van der Waals surface area contributed by atoms with Gasteiger partial charge in [-0.3, -0.25) is 0 Å². The van der Waals surface area contributed by atoms with Crippen molar-refractivity contribution in [2.75, 3.05) is 0 Å². The summed E-state index contributed by atoms with van der Waals surface area (Å²) in [6.45, 7) is 0. The second kappa shape index (κ2) is 7.66. The van der Waals surface area contributed by atoms with Crippen LogP contribution in [0.1, 0.15) is 11.1 Å². The molecule has 1 atom stereocenters. The Morgan fingerprint density at radius 1 is 1.10 bits per heavy atom. The van der Waals surface area contributed by atoms with Gasteiger partial charge < -0.3 is 4.74 Å². The van der Waals surface area contributed by atoms with Gasteiger partial charge in [0.2, 0.25) is 0 Å². The molecule has 0 N–H and O–H groups in total. The molecule has 0 saturated carbocycles. The van der Waals surface area contributed by atoms with E-state index in [2.05, 4.69) is 0 Å². The summed E-state index contributed by atoms with van der Waals surface area (Å²) >= 11 is 0. The van der Waals surface area contributed by atoms with E-state index in [-0.39, 0.29) is 0 Å². The fourth-order valence-corrected chi connectivity index (χ4v) is 1.85. The van der Waals surface area contributed by atoms with Crippen LogP contribution in [0.2, 0.25) is 0 Å². The predicted octanol–water partition coefficient (Wildman–Crippen LogP) is 3.38. The zero-order valence-electron chi connectivity index (χ0n) is 11.5. The molecule has 21 heavy (non-hydrogen) atoms. The average Bonchev–Trinajstić information content (AvgIpc) is 2.54. The van der Waals surface area contributed by atoms with Crippen molar-refractivity contribution in [1.82, 2.24) is 0 Å². The Balaban J connectivity index is 1.91. The van der Waals surface area contributed by atoms with Crippen molar-refractivity contribution in [2.45, 2.75) is 12.5 Å². The van der Waals surface area contributed by atoms with E-state index in [0.717, 1.165) is 11.1 Å². The first-order valence-corrected chi connectivity index (χ1v) is 6.65. The van der Waals surface area contributed by atoms with Crippen LogP contribution in [0.4, 0.5) is 0 Å². The summed E-state index contributed by atoms with van der Waals surface area (Å²) in [4.78, 5) is 11.7. The van der Waals surface area contributed by atoms with Gasteiger partial charge in [0.15, 0.2) is 6.10 Å². The summed E-state index contributed by atoms with van der Waals surface area (Å²) in [6, 6.07) is 20.9. The third-order valence-corrected chi connectivity index (χ3v) is 2.88. The predicted molar refractivity (Wildman–Crippen MR) is 81.1 cm³/mol. The second-order valence-electron chi connectivity index (χ2n) is 4.49. The first-order chi connectivity index (χ1) is 10.3. The minimum absolute atomic E-state index is 0.391. The van der Waals surface area contributed by atoms with Crippen molar-refractivity contribution in [3.63, 3.8) is 0 Å². The molecule has 2 rings (SSSR count). The van der Waals surface area contributed by atoms with Crippen molar-refractivity contribution in [2.24, 2.45) is 0 Å². The number of hydrogen-bond acceptors (Lipinski definition) is 3. The van der Waals surface area contributed by atoms with Gasteiger partial charge in [0, 0.05) is 12.5 Å². The van der Waals surface area contributed by atoms with Crippen molar-refractivity contribution in [3.8, 4) is 6.07 Å². The minimum atomic E-state index is -0.777. The highest BCUT2D eigenvalue weighted by Crippen LogP contribution is 2.07. The summed E-state index contributed by atoms with van der Waals surface area (Å²) in [5.41, 5.74) is 1.87. The van der Waals surface area contributed by atoms with Crippen molar-refractivity contribution < 1.29 is 9.53 Å². The fraction of sp³-hybridized carbons (Fsp3) is 0.111. The zero-order valence-corrected chi connectivity index (χ0v) is 11.5. The van der Waals surface area contributed by atoms with E-state index in [9.17, 15) is 4.79 Å². The first-order valence-electron chi connectivity index (χ1n) is 6.65. The highest BCUT2D eigenvalue weighted by Gasteiger charge is 2.12. The number of carbonyl (C=O) groups excluding carboxylic acids is 1. The summed E-state index contributed by atoms with van der Waals surface area (Å²) in [5, 5.41) is 9.07. The van der Waals surface area contributed by atoms with E-state index in [4.69, 9.17) is 10.00 Å². The molecule has 2 aromatic rings. The van der Waals surface area contributed by atoms with Crippen LogP contribution in [0.25, 0.3) is 6.08 Å². The molecule has 0 aromatic heterocycles. The van der Waals surface area contributed by atoms with Gasteiger partial charge in [0.25, 0.3) is 0 Å². The molecule has 0 aliphatic rings. The number of esters is 1. The van der Waals surface area contributed by atoms with Gasteiger partial charge in [-0.2, -0.15) is 5.26 Å². The maximum absolute atomic E-state index is 11.7. The lowest BCUT2D eigenvalue weighted by atomic mass is 10.1. The maximum atomic E-state index is 11.7. The van der Waals surface area contributed by atoms with Gasteiger partial charge in [0.05, 0.1) is 0 Å². The molecule has 0 spiro atoms. The number of ether oxygens (including phenoxy) is 1. The summed E-state index contributed by atoms with van der Waals surface area (Å²) in [5.74, 6) is -0.513. The van der Waals surface area contributed by atoms with Gasteiger partial charge in [-0.1, -0.05) is 60.7 Å². The van der Waals surface area contributed by atoms with Gasteiger partial charge in [-0.05, 0) is 17.2 Å². The van der Waals surface area contributed by atoms with E-state index >= 15 is 0 Å². The fourth-order valence-electron chi connectivity index (χ4n) is 1.85. The summed E-state index contributed by atoms with van der Waals surface area (Å²) in [6.07, 6.45) is 2.62. The summed E-state index contributed by atoms with van der Waals surface area (Å²) in [7, 11) is 0. The standard InChI is InChI=1S/C18H15NO2/c19-14-17(13-16-9-5-2-6-10-16)21-18(20)12-11-15-7-3-1-4-8-15/h1-12,17H,13H2/b12-11+. The number of hydrogen-bond donors (Lipinski definition) is 0. The van der Waals surface area contributed by atoms with E-state index in [1.165, 1.54) is 6.08 Å². The highest BCUT2D eigenvalue weighted by molar-refractivity contribution is 5.87. The second-order valence-corrected chi connectivity index (χ2v) is 4.49. The van der Waals surface area contributed by atoms with Gasteiger partial charge in [0.1, 0.15) is 6.07 Å². The van der Waals surface area contributed by atoms with Crippen LogP contribution in [-0.4, -0.2) is 12.1 Å². The number of nitrogens with zero attached hydrogens (tertiary/aromatic N) is 1. The first kappa shape index (κ1) is 14.5. The SMILES string of the molecule is N#CC(Cc1ccccc1)OC(=O)/C=C/c1ccccc1. The van der Waals surface area contributed by atoms with Crippen LogP contribution >= 0.6 is 0 Å². The van der Waals surface area contributed by atoms with E-state index in [1.807, 2.05) is 66.7 Å². The maximum Gasteiger partial charge on any atom is 0.332 e. The Bertz CT molecular complexity index is 642. The molecule has 0 bridgehead atoms. The third-order valence-electron chi connectivity index (χ3n) is 2.88. The molecule has 3 heteroatoms. The van der Waals surface area contributed by atoms with Gasteiger partial charge in [-0.25, -0.2) is 4.79 Å². The number of rotatable bonds is 5. The van der Waals surface area contributed by atoms with Crippen LogP contribution in [0.15, 0.2) is 66.7 Å². The quantitative estimate of drug-likeness (QED) is 0.622. The molecule has 0 amide bonds. The lowest BCUT2D eigenvalue weighted by Crippen LogP contribution is -2.17. The van der Waals surface area contributed by atoms with Crippen molar-refractivity contribution in [1.29, 1.82) is 5.26 Å². The monoisotopic (exact) mass is 277 g/mol. The molecule has 2 aromatic carbocycles. The molecule has 3 nitrogen and oxygen atoms in total. The molecule has 104 valence electrons. The molecule has 0 aliphatic heterocycles.